The first kappa shape index (κ1) is 21.5. The first-order valence-electron chi connectivity index (χ1n) is 9.34. The van der Waals surface area contributed by atoms with Crippen LogP contribution in [0.1, 0.15) is 32.7 Å². The number of benzene rings is 1. The third-order valence-corrected chi connectivity index (χ3v) is 6.08. The van der Waals surface area contributed by atoms with Crippen LogP contribution in [0.4, 0.5) is 6.01 Å². The first-order valence-corrected chi connectivity index (χ1v) is 11.0. The third-order valence-electron chi connectivity index (χ3n) is 4.26. The zero-order chi connectivity index (χ0) is 21.7. The molecule has 0 aliphatic carbocycles. The summed E-state index contributed by atoms with van der Waals surface area (Å²) >= 11 is 0. The van der Waals surface area contributed by atoms with E-state index in [2.05, 4.69) is 20.6 Å². The lowest BCUT2D eigenvalue weighted by Crippen LogP contribution is -2.14. The van der Waals surface area contributed by atoms with Crippen molar-refractivity contribution in [3.63, 3.8) is 0 Å². The summed E-state index contributed by atoms with van der Waals surface area (Å²) in [4.78, 5) is 12.3. The molecule has 10 nitrogen and oxygen atoms in total. The number of rotatable bonds is 9. The molecule has 0 aliphatic heterocycles. The van der Waals surface area contributed by atoms with E-state index in [1.165, 1.54) is 19.2 Å². The number of aromatic nitrogens is 4. The number of nitrogens with one attached hydrogen (secondary N) is 1. The van der Waals surface area contributed by atoms with Gasteiger partial charge in [0.2, 0.25) is 5.91 Å². The van der Waals surface area contributed by atoms with Crippen LogP contribution < -0.4 is 10.1 Å². The average Bonchev–Trinajstić information content (AvgIpc) is 3.37. The fourth-order valence-electron chi connectivity index (χ4n) is 2.62. The molecule has 0 saturated heterocycles. The van der Waals surface area contributed by atoms with Gasteiger partial charge in [-0.05, 0) is 50.6 Å². The van der Waals surface area contributed by atoms with Crippen molar-refractivity contribution in [3.05, 3.63) is 36.5 Å². The highest BCUT2D eigenvalue weighted by Crippen LogP contribution is 2.20. The predicted octanol–water partition coefficient (Wildman–Crippen LogP) is 2.72. The number of carbonyl (C=O) groups is 1. The molecule has 2 heterocycles. The molecule has 0 atom stereocenters. The SMILES string of the molecule is COc1ccc(S(=O)(=O)CCCC(=O)Nc2nnc(-c3ccn(C(C)C)n3)o2)cc1. The van der Waals surface area contributed by atoms with E-state index in [0.717, 1.165) is 0 Å². The minimum atomic E-state index is -3.49. The predicted molar refractivity (Wildman–Crippen MR) is 109 cm³/mol. The number of amides is 1. The molecule has 3 aromatic rings. The van der Waals surface area contributed by atoms with Gasteiger partial charge in [-0.1, -0.05) is 5.10 Å². The molecule has 11 heteroatoms. The van der Waals surface area contributed by atoms with Gasteiger partial charge in [-0.2, -0.15) is 5.10 Å². The van der Waals surface area contributed by atoms with Crippen LogP contribution in [-0.4, -0.2) is 47.2 Å². The number of sulfone groups is 1. The molecule has 0 unspecified atom stereocenters. The molecule has 30 heavy (non-hydrogen) atoms. The van der Waals surface area contributed by atoms with Crippen molar-refractivity contribution in [2.75, 3.05) is 18.2 Å². The van der Waals surface area contributed by atoms with Gasteiger partial charge in [-0.25, -0.2) is 8.42 Å². The summed E-state index contributed by atoms with van der Waals surface area (Å²) in [6.07, 6.45) is 1.95. The fourth-order valence-corrected chi connectivity index (χ4v) is 3.93. The molecule has 0 fully saturated rings. The fraction of sp³-hybridized carbons (Fsp3) is 0.368. The van der Waals surface area contributed by atoms with Gasteiger partial charge in [0, 0.05) is 18.7 Å². The van der Waals surface area contributed by atoms with E-state index in [-0.39, 0.29) is 41.4 Å². The quantitative estimate of drug-likeness (QED) is 0.545. The zero-order valence-electron chi connectivity index (χ0n) is 16.9. The molecular formula is C19H23N5O5S. The summed E-state index contributed by atoms with van der Waals surface area (Å²) in [6, 6.07) is 7.99. The van der Waals surface area contributed by atoms with Gasteiger partial charge in [0.1, 0.15) is 11.4 Å². The van der Waals surface area contributed by atoms with Gasteiger partial charge in [-0.15, -0.1) is 5.10 Å². The lowest BCUT2D eigenvalue weighted by atomic mass is 10.3. The topological polar surface area (TPSA) is 129 Å². The second-order valence-electron chi connectivity index (χ2n) is 6.83. The average molecular weight is 433 g/mol. The maximum Gasteiger partial charge on any atom is 0.322 e. The Kier molecular flexibility index (Phi) is 6.50. The molecule has 0 spiro atoms. The normalized spacial score (nSPS) is 11.6. The standard InChI is InChI=1S/C19H23N5O5S/c1-13(2)24-11-10-16(23-24)18-21-22-19(29-18)20-17(25)5-4-12-30(26,27)15-8-6-14(28-3)7-9-15/h6-11,13H,4-5,12H2,1-3H3,(H,20,22,25). The Hall–Kier alpha value is -3.21. The largest absolute Gasteiger partial charge is 0.497 e. The Morgan fingerprint density at radius 1 is 1.20 bits per heavy atom. The van der Waals surface area contributed by atoms with E-state index in [1.54, 1.807) is 29.1 Å². The van der Waals surface area contributed by atoms with Crippen molar-refractivity contribution in [2.24, 2.45) is 0 Å². The van der Waals surface area contributed by atoms with E-state index in [9.17, 15) is 13.2 Å². The minimum absolute atomic E-state index is 0.00489. The van der Waals surface area contributed by atoms with Crippen molar-refractivity contribution in [2.45, 2.75) is 37.6 Å². The van der Waals surface area contributed by atoms with E-state index >= 15 is 0 Å². The minimum Gasteiger partial charge on any atom is -0.497 e. The molecule has 0 aliphatic rings. The van der Waals surface area contributed by atoms with Gasteiger partial charge >= 0.3 is 6.01 Å². The molecule has 0 bridgehead atoms. The summed E-state index contributed by atoms with van der Waals surface area (Å²) in [5, 5.41) is 14.5. The molecule has 1 amide bonds. The van der Waals surface area contributed by atoms with Gasteiger partial charge in [0.25, 0.3) is 5.89 Å². The highest BCUT2D eigenvalue weighted by molar-refractivity contribution is 7.91. The van der Waals surface area contributed by atoms with Gasteiger partial charge in [0.05, 0.1) is 17.8 Å². The van der Waals surface area contributed by atoms with Gasteiger partial charge in [0.15, 0.2) is 9.84 Å². The Morgan fingerprint density at radius 2 is 1.93 bits per heavy atom. The second kappa shape index (κ2) is 9.08. The van der Waals surface area contributed by atoms with Crippen LogP contribution >= 0.6 is 0 Å². The van der Waals surface area contributed by atoms with Crippen LogP contribution in [0.25, 0.3) is 11.6 Å². The molecular weight excluding hydrogens is 410 g/mol. The first-order chi connectivity index (χ1) is 14.3. The van der Waals surface area contributed by atoms with E-state index in [0.29, 0.717) is 11.4 Å². The highest BCUT2D eigenvalue weighted by atomic mass is 32.2. The summed E-state index contributed by atoms with van der Waals surface area (Å²) in [5.41, 5.74) is 0.502. The Labute approximate surface area is 174 Å². The van der Waals surface area contributed by atoms with Crippen LogP contribution in [-0.2, 0) is 14.6 Å². The summed E-state index contributed by atoms with van der Waals surface area (Å²) in [5.74, 6) is 0.187. The Balaban J connectivity index is 1.51. The van der Waals surface area contributed by atoms with E-state index in [1.807, 2.05) is 13.8 Å². The van der Waals surface area contributed by atoms with Crippen LogP contribution in [0.2, 0.25) is 0 Å². The molecule has 2 aromatic heterocycles. The number of hydrogen-bond acceptors (Lipinski definition) is 8. The molecule has 1 N–H and O–H groups in total. The maximum absolute atomic E-state index is 12.4. The van der Waals surface area contributed by atoms with Gasteiger partial charge < -0.3 is 9.15 Å². The third kappa shape index (κ3) is 5.23. The zero-order valence-corrected chi connectivity index (χ0v) is 17.7. The second-order valence-corrected chi connectivity index (χ2v) is 8.94. The monoisotopic (exact) mass is 433 g/mol. The van der Waals surface area contributed by atoms with Crippen LogP contribution in [0.5, 0.6) is 5.75 Å². The lowest BCUT2D eigenvalue weighted by Gasteiger charge is -2.05. The molecule has 1 aromatic carbocycles. The number of anilines is 1. The van der Waals surface area contributed by atoms with Crippen molar-refractivity contribution in [1.29, 1.82) is 0 Å². The highest BCUT2D eigenvalue weighted by Gasteiger charge is 2.17. The van der Waals surface area contributed by atoms with Crippen LogP contribution in [0.15, 0.2) is 45.8 Å². The number of nitrogens with zero attached hydrogens (tertiary/aromatic N) is 4. The van der Waals surface area contributed by atoms with Crippen molar-refractivity contribution in [1.82, 2.24) is 20.0 Å². The van der Waals surface area contributed by atoms with Crippen molar-refractivity contribution < 1.29 is 22.4 Å². The number of carbonyl (C=O) groups excluding carboxylic acids is 1. The molecule has 3 rings (SSSR count). The summed E-state index contributed by atoms with van der Waals surface area (Å²) in [7, 11) is -1.98. The molecule has 0 radical (unpaired) electrons. The summed E-state index contributed by atoms with van der Waals surface area (Å²) in [6.45, 7) is 3.98. The van der Waals surface area contributed by atoms with Gasteiger partial charge in [-0.3, -0.25) is 14.8 Å². The van der Waals surface area contributed by atoms with E-state index < -0.39 is 15.7 Å². The number of methoxy groups -OCH3 is 1. The maximum atomic E-state index is 12.4. The van der Waals surface area contributed by atoms with E-state index in [4.69, 9.17) is 9.15 Å². The van der Waals surface area contributed by atoms with Crippen LogP contribution in [0, 0.1) is 0 Å². The number of ether oxygens (including phenoxy) is 1. The Morgan fingerprint density at radius 3 is 2.57 bits per heavy atom. The number of hydrogen-bond donors (Lipinski definition) is 1. The molecule has 160 valence electrons. The molecule has 0 saturated carbocycles. The van der Waals surface area contributed by atoms with Crippen molar-refractivity contribution >= 4 is 21.8 Å². The Bertz CT molecular complexity index is 1100. The smallest absolute Gasteiger partial charge is 0.322 e. The van der Waals surface area contributed by atoms with Crippen LogP contribution in [0.3, 0.4) is 0 Å². The van der Waals surface area contributed by atoms with Crippen molar-refractivity contribution in [3.8, 4) is 17.3 Å². The summed E-state index contributed by atoms with van der Waals surface area (Å²) < 4.78 is 36.9. The lowest BCUT2D eigenvalue weighted by molar-refractivity contribution is -0.116.